The second-order valence-electron chi connectivity index (χ2n) is 10.4. The van der Waals surface area contributed by atoms with Crippen LogP contribution in [0.15, 0.2) is 65.6 Å². The summed E-state index contributed by atoms with van der Waals surface area (Å²) in [4.78, 5) is 34.0. The van der Waals surface area contributed by atoms with E-state index in [0.29, 0.717) is 41.2 Å². The van der Waals surface area contributed by atoms with E-state index >= 15 is 0 Å². The molecule has 1 aliphatic rings. The highest BCUT2D eigenvalue weighted by Gasteiger charge is 2.30. The molecular formula is C30H31ClN6O5S. The molecule has 0 radical (unpaired) electrons. The number of hydrogen-bond acceptors (Lipinski definition) is 9. The van der Waals surface area contributed by atoms with Crippen molar-refractivity contribution in [2.75, 3.05) is 16.6 Å². The molecule has 0 bridgehead atoms. The van der Waals surface area contributed by atoms with Gasteiger partial charge in [0, 0.05) is 47.9 Å². The summed E-state index contributed by atoms with van der Waals surface area (Å²) >= 11 is 5.70. The van der Waals surface area contributed by atoms with Crippen molar-refractivity contribution >= 4 is 55.9 Å². The van der Waals surface area contributed by atoms with Crippen LogP contribution in [0.25, 0.3) is 10.9 Å². The number of halogens is 1. The molecule has 0 spiro atoms. The number of anilines is 2. The quantitative estimate of drug-likeness (QED) is 0.251. The van der Waals surface area contributed by atoms with Crippen molar-refractivity contribution < 1.29 is 22.7 Å². The van der Waals surface area contributed by atoms with Gasteiger partial charge in [-0.25, -0.2) is 13.2 Å². The Hall–Kier alpha value is -4.13. The van der Waals surface area contributed by atoms with Gasteiger partial charge in [0.05, 0.1) is 16.0 Å². The van der Waals surface area contributed by atoms with Gasteiger partial charge in [-0.15, -0.1) is 10.2 Å². The zero-order valence-corrected chi connectivity index (χ0v) is 25.4. The van der Waals surface area contributed by atoms with Crippen LogP contribution < -0.4 is 10.0 Å². The molecule has 0 saturated heterocycles. The van der Waals surface area contributed by atoms with E-state index in [1.165, 1.54) is 36.4 Å². The lowest BCUT2D eigenvalue weighted by molar-refractivity contribution is -0.124. The summed E-state index contributed by atoms with van der Waals surface area (Å²) in [6.07, 6.45) is -0.127. The molecule has 5 rings (SSSR count). The molecule has 0 aliphatic carbocycles. The fraction of sp³-hybridized carbons (Fsp3) is 0.300. The second-order valence-corrected chi connectivity index (χ2v) is 12.5. The first-order valence-electron chi connectivity index (χ1n) is 13.8. The zero-order chi connectivity index (χ0) is 30.7. The summed E-state index contributed by atoms with van der Waals surface area (Å²) < 4.78 is 33.6. The third-order valence-electron chi connectivity index (χ3n) is 7.23. The van der Waals surface area contributed by atoms with Crippen molar-refractivity contribution in [2.45, 2.75) is 57.2 Å². The fourth-order valence-electron chi connectivity index (χ4n) is 4.90. The third-order valence-corrected chi connectivity index (χ3v) is 8.80. The first-order chi connectivity index (χ1) is 20.6. The summed E-state index contributed by atoms with van der Waals surface area (Å²) in [5.74, 6) is -1.10. The summed E-state index contributed by atoms with van der Waals surface area (Å²) in [5, 5.41) is 10.8. The third kappa shape index (κ3) is 6.76. The normalized spacial score (nSPS) is 14.3. The number of esters is 1. The average Bonchev–Trinajstić information content (AvgIpc) is 2.99. The van der Waals surface area contributed by atoms with Crippen molar-refractivity contribution in [2.24, 2.45) is 0 Å². The molecule has 2 aromatic carbocycles. The van der Waals surface area contributed by atoms with Crippen LogP contribution in [0, 0.1) is 0 Å². The van der Waals surface area contributed by atoms with Gasteiger partial charge in [0.1, 0.15) is 0 Å². The van der Waals surface area contributed by atoms with Crippen LogP contribution in [0.2, 0.25) is 5.15 Å². The predicted octanol–water partition coefficient (Wildman–Crippen LogP) is 4.82. The minimum absolute atomic E-state index is 0.00883. The SMILES string of the molecule is CCC(OC(=O)c1c2c(nc3ccccc13)CCN(C(C)C)C2)C(=O)Nc1ccc(S(=O)(=O)Nc2ccc(Cl)nn2)cc1. The van der Waals surface area contributed by atoms with Gasteiger partial charge < -0.3 is 10.1 Å². The Labute approximate surface area is 254 Å². The number of carbonyl (C=O) groups is 2. The fourth-order valence-corrected chi connectivity index (χ4v) is 6.00. The van der Waals surface area contributed by atoms with E-state index in [0.717, 1.165) is 17.8 Å². The Morgan fingerprint density at radius 1 is 1.05 bits per heavy atom. The van der Waals surface area contributed by atoms with Gasteiger partial charge >= 0.3 is 5.97 Å². The average molecular weight is 623 g/mol. The molecule has 1 unspecified atom stereocenters. The number of hydrogen-bond donors (Lipinski definition) is 2. The van der Waals surface area contributed by atoms with E-state index in [9.17, 15) is 18.0 Å². The molecule has 11 nitrogen and oxygen atoms in total. The van der Waals surface area contributed by atoms with Crippen LogP contribution in [0.3, 0.4) is 0 Å². The lowest BCUT2D eigenvalue weighted by atomic mass is 9.95. The molecule has 13 heteroatoms. The molecule has 1 amide bonds. The van der Waals surface area contributed by atoms with Crippen molar-refractivity contribution in [3.8, 4) is 0 Å². The van der Waals surface area contributed by atoms with E-state index in [1.54, 1.807) is 6.92 Å². The molecule has 4 aromatic rings. The van der Waals surface area contributed by atoms with E-state index in [4.69, 9.17) is 21.3 Å². The van der Waals surface area contributed by atoms with Crippen LogP contribution in [0.4, 0.5) is 11.5 Å². The van der Waals surface area contributed by atoms with Gasteiger partial charge in [-0.2, -0.15) is 0 Å². The summed E-state index contributed by atoms with van der Waals surface area (Å²) in [6.45, 7) is 7.38. The van der Waals surface area contributed by atoms with Crippen LogP contribution >= 0.6 is 11.6 Å². The number of nitrogens with one attached hydrogen (secondary N) is 2. The minimum atomic E-state index is -3.96. The van der Waals surface area contributed by atoms with Crippen LogP contribution in [0.1, 0.15) is 48.8 Å². The number of ether oxygens (including phenoxy) is 1. The highest BCUT2D eigenvalue weighted by atomic mass is 35.5. The number of carbonyl (C=O) groups excluding carboxylic acids is 2. The molecule has 2 aromatic heterocycles. The highest BCUT2D eigenvalue weighted by Crippen LogP contribution is 2.30. The highest BCUT2D eigenvalue weighted by molar-refractivity contribution is 7.92. The Balaban J connectivity index is 1.32. The molecule has 43 heavy (non-hydrogen) atoms. The number of rotatable bonds is 9. The maximum atomic E-state index is 13.7. The molecular weight excluding hydrogens is 592 g/mol. The summed E-state index contributed by atoms with van der Waals surface area (Å²) in [6, 6.07) is 16.1. The molecule has 0 fully saturated rings. The Morgan fingerprint density at radius 2 is 1.79 bits per heavy atom. The van der Waals surface area contributed by atoms with Crippen molar-refractivity contribution in [1.82, 2.24) is 20.1 Å². The first kappa shape index (κ1) is 30.3. The van der Waals surface area contributed by atoms with E-state index in [1.807, 2.05) is 24.3 Å². The predicted molar refractivity (Wildman–Crippen MR) is 163 cm³/mol. The molecule has 2 N–H and O–H groups in total. The smallest absolute Gasteiger partial charge is 0.340 e. The number of para-hydroxylation sites is 1. The van der Waals surface area contributed by atoms with E-state index in [-0.39, 0.29) is 22.3 Å². The number of amides is 1. The van der Waals surface area contributed by atoms with Crippen molar-refractivity contribution in [1.29, 1.82) is 0 Å². The standard InChI is InChI=1S/C30H31ClN6O5S/c1-4-25(29(38)32-19-9-11-20(12-10-19)43(40,41)36-27-14-13-26(31)34-35-27)42-30(39)28-21-7-5-6-8-23(21)33-24-15-16-37(18(2)3)17-22(24)28/h5-14,18,25H,4,15-17H2,1-3H3,(H,32,38)(H,35,36). The van der Waals surface area contributed by atoms with Gasteiger partial charge in [-0.05, 0) is 62.7 Å². The van der Waals surface area contributed by atoms with Gasteiger partial charge in [0.2, 0.25) is 0 Å². The number of sulfonamides is 1. The largest absolute Gasteiger partial charge is 0.449 e. The number of nitrogens with zero attached hydrogens (tertiary/aromatic N) is 4. The molecule has 1 aliphatic heterocycles. The van der Waals surface area contributed by atoms with Gasteiger partial charge in [0.25, 0.3) is 15.9 Å². The second kappa shape index (κ2) is 12.6. The van der Waals surface area contributed by atoms with E-state index in [2.05, 4.69) is 39.0 Å². The van der Waals surface area contributed by atoms with Crippen LogP contribution in [-0.4, -0.2) is 59.1 Å². The summed E-state index contributed by atoms with van der Waals surface area (Å²) in [7, 11) is -3.96. The van der Waals surface area contributed by atoms with E-state index < -0.39 is 28.0 Å². The molecule has 1 atom stereocenters. The van der Waals surface area contributed by atoms with Crippen LogP contribution in [-0.2, 0) is 32.5 Å². The lowest BCUT2D eigenvalue weighted by Gasteiger charge is -2.32. The first-order valence-corrected chi connectivity index (χ1v) is 15.7. The maximum Gasteiger partial charge on any atom is 0.340 e. The Kier molecular flexibility index (Phi) is 8.90. The summed E-state index contributed by atoms with van der Waals surface area (Å²) in [5.41, 5.74) is 3.17. The topological polar surface area (TPSA) is 143 Å². The monoisotopic (exact) mass is 622 g/mol. The van der Waals surface area contributed by atoms with Gasteiger partial charge in [-0.3, -0.25) is 19.4 Å². The Bertz CT molecular complexity index is 1760. The zero-order valence-electron chi connectivity index (χ0n) is 23.9. The number of fused-ring (bicyclic) bond motifs is 2. The number of aromatic nitrogens is 3. The van der Waals surface area contributed by atoms with Crippen molar-refractivity contribution in [3.63, 3.8) is 0 Å². The number of benzene rings is 2. The van der Waals surface area contributed by atoms with Gasteiger partial charge in [0.15, 0.2) is 17.1 Å². The maximum absolute atomic E-state index is 13.7. The minimum Gasteiger partial charge on any atom is -0.449 e. The number of pyridine rings is 1. The van der Waals surface area contributed by atoms with Gasteiger partial charge in [-0.1, -0.05) is 36.7 Å². The molecule has 3 heterocycles. The molecule has 0 saturated carbocycles. The lowest BCUT2D eigenvalue weighted by Crippen LogP contribution is -2.38. The van der Waals surface area contributed by atoms with Crippen molar-refractivity contribution in [3.05, 3.63) is 82.6 Å². The molecule has 224 valence electrons. The van der Waals surface area contributed by atoms with Crippen LogP contribution in [0.5, 0.6) is 0 Å². The Morgan fingerprint density at radius 3 is 2.47 bits per heavy atom.